The Morgan fingerprint density at radius 1 is 0.893 bits per heavy atom. The molecule has 2 rings (SSSR count). The van der Waals surface area contributed by atoms with Gasteiger partial charge >= 0.3 is 0 Å². The van der Waals surface area contributed by atoms with E-state index < -0.39 is 6.10 Å². The molecule has 2 aromatic rings. The molecule has 3 unspecified atom stereocenters. The number of Topliss-reactive ketones (excluding diaryl/α,β-unsaturated/α-hetero) is 1. The molecule has 28 heavy (non-hydrogen) atoms. The molecular formula is C24H32O4. The Bertz CT molecular complexity index is 756. The first-order chi connectivity index (χ1) is 13.5. The first kappa shape index (κ1) is 22.0. The van der Waals surface area contributed by atoms with Crippen molar-refractivity contribution in [3.05, 3.63) is 59.7 Å². The van der Waals surface area contributed by atoms with E-state index in [9.17, 15) is 9.90 Å². The highest BCUT2D eigenvalue weighted by molar-refractivity contribution is 5.85. The third-order valence-electron chi connectivity index (χ3n) is 5.41. The molecule has 2 aromatic carbocycles. The lowest BCUT2D eigenvalue weighted by molar-refractivity contribution is -0.134. The Morgan fingerprint density at radius 3 is 1.89 bits per heavy atom. The summed E-state index contributed by atoms with van der Waals surface area (Å²) in [6.07, 6.45) is 1.73. The number of methoxy groups -OCH3 is 2. The van der Waals surface area contributed by atoms with E-state index in [0.717, 1.165) is 29.0 Å². The molecule has 3 atom stereocenters. The van der Waals surface area contributed by atoms with Gasteiger partial charge in [0.25, 0.3) is 0 Å². The molecule has 0 heterocycles. The van der Waals surface area contributed by atoms with Crippen LogP contribution in [0.3, 0.4) is 0 Å². The summed E-state index contributed by atoms with van der Waals surface area (Å²) in [6, 6.07) is 15.6. The topological polar surface area (TPSA) is 55.8 Å². The fourth-order valence-corrected chi connectivity index (χ4v) is 3.59. The van der Waals surface area contributed by atoms with Crippen molar-refractivity contribution in [3.8, 4) is 11.5 Å². The smallest absolute Gasteiger partial charge is 0.164 e. The number of rotatable bonds is 11. The zero-order chi connectivity index (χ0) is 20.5. The van der Waals surface area contributed by atoms with E-state index in [0.29, 0.717) is 19.3 Å². The number of hydrogen-bond acceptors (Lipinski definition) is 4. The van der Waals surface area contributed by atoms with Crippen molar-refractivity contribution < 1.29 is 19.4 Å². The SMILES string of the molecule is CCC(Cc1cccc(OC)c1)C(=O)C(O)C(CC)Cc1cccc(OC)c1. The molecule has 4 nitrogen and oxygen atoms in total. The summed E-state index contributed by atoms with van der Waals surface area (Å²) in [4.78, 5) is 13.0. The third-order valence-corrected chi connectivity index (χ3v) is 5.41. The van der Waals surface area contributed by atoms with Gasteiger partial charge in [-0.3, -0.25) is 4.79 Å². The van der Waals surface area contributed by atoms with Gasteiger partial charge in [-0.25, -0.2) is 0 Å². The predicted molar refractivity (Wildman–Crippen MR) is 112 cm³/mol. The van der Waals surface area contributed by atoms with Crippen molar-refractivity contribution in [2.75, 3.05) is 14.2 Å². The highest BCUT2D eigenvalue weighted by Crippen LogP contribution is 2.25. The van der Waals surface area contributed by atoms with E-state index in [-0.39, 0.29) is 17.6 Å². The van der Waals surface area contributed by atoms with Gasteiger partial charge in [0.1, 0.15) is 17.6 Å². The van der Waals surface area contributed by atoms with Crippen LogP contribution in [0.2, 0.25) is 0 Å². The predicted octanol–water partition coefficient (Wildman–Crippen LogP) is 4.47. The van der Waals surface area contributed by atoms with Crippen molar-refractivity contribution in [1.82, 2.24) is 0 Å². The Morgan fingerprint density at radius 2 is 1.43 bits per heavy atom. The van der Waals surface area contributed by atoms with Gasteiger partial charge in [-0.05, 0) is 60.6 Å². The van der Waals surface area contributed by atoms with Crippen LogP contribution in [0.5, 0.6) is 11.5 Å². The summed E-state index contributed by atoms with van der Waals surface area (Å²) in [5.74, 6) is 1.18. The Balaban J connectivity index is 2.09. The van der Waals surface area contributed by atoms with E-state index >= 15 is 0 Å². The molecule has 0 saturated heterocycles. The van der Waals surface area contributed by atoms with Crippen molar-refractivity contribution in [2.45, 2.75) is 45.6 Å². The molecule has 0 aromatic heterocycles. The summed E-state index contributed by atoms with van der Waals surface area (Å²) in [7, 11) is 3.27. The molecule has 0 amide bonds. The van der Waals surface area contributed by atoms with Crippen LogP contribution in [0, 0.1) is 11.8 Å². The summed E-state index contributed by atoms with van der Waals surface area (Å²) in [5, 5.41) is 10.8. The van der Waals surface area contributed by atoms with E-state index in [1.807, 2.05) is 62.4 Å². The highest BCUT2D eigenvalue weighted by Gasteiger charge is 2.30. The van der Waals surface area contributed by atoms with E-state index in [1.54, 1.807) is 14.2 Å². The van der Waals surface area contributed by atoms with Gasteiger partial charge in [-0.2, -0.15) is 0 Å². The number of carbonyl (C=O) groups is 1. The summed E-state index contributed by atoms with van der Waals surface area (Å²) in [5.41, 5.74) is 2.12. The molecule has 0 radical (unpaired) electrons. The van der Waals surface area contributed by atoms with Crippen molar-refractivity contribution >= 4 is 5.78 Å². The molecule has 0 aliphatic carbocycles. The molecule has 1 N–H and O–H groups in total. The maximum absolute atomic E-state index is 13.0. The number of aliphatic hydroxyl groups is 1. The monoisotopic (exact) mass is 384 g/mol. The first-order valence-corrected chi connectivity index (χ1v) is 9.99. The van der Waals surface area contributed by atoms with Crippen LogP contribution in [0.1, 0.15) is 37.8 Å². The van der Waals surface area contributed by atoms with E-state index in [1.165, 1.54) is 0 Å². The Labute approximate surface area is 168 Å². The third kappa shape index (κ3) is 5.83. The number of benzene rings is 2. The molecule has 0 fully saturated rings. The fraction of sp³-hybridized carbons (Fsp3) is 0.458. The lowest BCUT2D eigenvalue weighted by Gasteiger charge is -2.25. The second kappa shape index (κ2) is 10.9. The fourth-order valence-electron chi connectivity index (χ4n) is 3.59. The molecule has 0 saturated carbocycles. The highest BCUT2D eigenvalue weighted by atomic mass is 16.5. The van der Waals surface area contributed by atoms with Gasteiger partial charge in [0.05, 0.1) is 14.2 Å². The van der Waals surface area contributed by atoms with Crippen molar-refractivity contribution in [1.29, 1.82) is 0 Å². The van der Waals surface area contributed by atoms with E-state index in [4.69, 9.17) is 9.47 Å². The summed E-state index contributed by atoms with van der Waals surface area (Å²) < 4.78 is 10.6. The number of carbonyl (C=O) groups excluding carboxylic acids is 1. The van der Waals surface area contributed by atoms with Crippen LogP contribution in [0.4, 0.5) is 0 Å². The van der Waals surface area contributed by atoms with Crippen LogP contribution in [0.15, 0.2) is 48.5 Å². The van der Waals surface area contributed by atoms with Crippen LogP contribution in [0.25, 0.3) is 0 Å². The minimum Gasteiger partial charge on any atom is -0.497 e. The first-order valence-electron chi connectivity index (χ1n) is 9.99. The van der Waals surface area contributed by atoms with Gasteiger partial charge in [-0.1, -0.05) is 44.5 Å². The zero-order valence-corrected chi connectivity index (χ0v) is 17.4. The number of ether oxygens (including phenoxy) is 2. The minimum atomic E-state index is -0.966. The summed E-state index contributed by atoms with van der Waals surface area (Å²) in [6.45, 7) is 4.02. The zero-order valence-electron chi connectivity index (χ0n) is 17.4. The molecular weight excluding hydrogens is 352 g/mol. The number of hydrogen-bond donors (Lipinski definition) is 1. The largest absolute Gasteiger partial charge is 0.497 e. The maximum atomic E-state index is 13.0. The summed E-state index contributed by atoms with van der Waals surface area (Å²) >= 11 is 0. The van der Waals surface area contributed by atoms with Crippen LogP contribution in [-0.4, -0.2) is 31.2 Å². The lowest BCUT2D eigenvalue weighted by atomic mass is 9.82. The lowest BCUT2D eigenvalue weighted by Crippen LogP contribution is -2.36. The molecule has 0 aliphatic heterocycles. The standard InChI is InChI=1S/C24H32O4/c1-5-19(13-17-9-7-11-21(15-17)27-3)23(25)24(26)20(6-2)14-18-10-8-12-22(16-18)28-4/h7-12,15-16,19-20,23,25H,5-6,13-14H2,1-4H3. The van der Waals surface area contributed by atoms with Gasteiger partial charge in [0.2, 0.25) is 0 Å². The van der Waals surface area contributed by atoms with Crippen molar-refractivity contribution in [3.63, 3.8) is 0 Å². The van der Waals surface area contributed by atoms with Crippen LogP contribution >= 0.6 is 0 Å². The van der Waals surface area contributed by atoms with Gasteiger partial charge in [0.15, 0.2) is 5.78 Å². The van der Waals surface area contributed by atoms with Crippen LogP contribution < -0.4 is 9.47 Å². The van der Waals surface area contributed by atoms with Gasteiger partial charge in [-0.15, -0.1) is 0 Å². The molecule has 0 bridgehead atoms. The average Bonchev–Trinajstić information content (AvgIpc) is 2.75. The quantitative estimate of drug-likeness (QED) is 0.621. The molecule has 152 valence electrons. The Kier molecular flexibility index (Phi) is 8.52. The van der Waals surface area contributed by atoms with Gasteiger partial charge in [0, 0.05) is 5.92 Å². The molecule has 4 heteroatoms. The molecule has 0 aliphatic rings. The number of aliphatic hydroxyl groups excluding tert-OH is 1. The second-order valence-electron chi connectivity index (χ2n) is 7.23. The van der Waals surface area contributed by atoms with Gasteiger partial charge < -0.3 is 14.6 Å². The number of ketones is 1. The second-order valence-corrected chi connectivity index (χ2v) is 7.23. The Hall–Kier alpha value is -2.33. The van der Waals surface area contributed by atoms with E-state index in [2.05, 4.69) is 0 Å². The normalized spacial score (nSPS) is 14.2. The minimum absolute atomic E-state index is 0.0694. The average molecular weight is 385 g/mol. The molecule has 0 spiro atoms. The maximum Gasteiger partial charge on any atom is 0.164 e. The van der Waals surface area contributed by atoms with Crippen molar-refractivity contribution in [2.24, 2.45) is 11.8 Å². The van der Waals surface area contributed by atoms with Crippen LogP contribution in [-0.2, 0) is 17.6 Å².